The van der Waals surface area contributed by atoms with E-state index in [-0.39, 0.29) is 45.1 Å². The van der Waals surface area contributed by atoms with Crippen LogP contribution in [0.2, 0.25) is 10.0 Å². The number of carbonyl (C=O) groups is 1. The van der Waals surface area contributed by atoms with E-state index in [4.69, 9.17) is 27.9 Å². The van der Waals surface area contributed by atoms with E-state index >= 15 is 0 Å². The van der Waals surface area contributed by atoms with Gasteiger partial charge in [0.05, 0.1) is 34.9 Å². The molecule has 1 aliphatic heterocycles. The molecule has 1 heterocycles. The number of amides is 1. The quantitative estimate of drug-likeness (QED) is 0.675. The van der Waals surface area contributed by atoms with Crippen molar-refractivity contribution in [1.82, 2.24) is 9.62 Å². The molecular formula is C22H26Cl2N2O4S. The first kappa shape index (κ1) is 24.0. The molecule has 9 heteroatoms. The summed E-state index contributed by atoms with van der Waals surface area (Å²) in [5.74, 6) is -0.469. The number of ether oxygens (including phenoxy) is 1. The number of nitrogens with zero attached hydrogens (tertiary/aromatic N) is 1. The van der Waals surface area contributed by atoms with Gasteiger partial charge in [0.1, 0.15) is 4.90 Å². The van der Waals surface area contributed by atoms with Crippen LogP contribution in [0.3, 0.4) is 0 Å². The summed E-state index contributed by atoms with van der Waals surface area (Å²) >= 11 is 12.5. The van der Waals surface area contributed by atoms with Gasteiger partial charge in [-0.2, -0.15) is 4.31 Å². The third-order valence-electron chi connectivity index (χ3n) is 5.13. The zero-order chi connectivity index (χ0) is 22.8. The molecule has 2 aromatic carbocycles. The van der Waals surface area contributed by atoms with Gasteiger partial charge in [0.15, 0.2) is 0 Å². The lowest BCUT2D eigenvalue weighted by Gasteiger charge is -2.32. The first-order valence-electron chi connectivity index (χ1n) is 9.94. The first-order chi connectivity index (χ1) is 14.5. The van der Waals surface area contributed by atoms with E-state index in [0.29, 0.717) is 13.2 Å². The van der Waals surface area contributed by atoms with Gasteiger partial charge in [0.2, 0.25) is 10.0 Å². The molecule has 0 aromatic heterocycles. The number of hydrogen-bond acceptors (Lipinski definition) is 4. The second kappa shape index (κ2) is 9.46. The maximum absolute atomic E-state index is 13.2. The lowest BCUT2D eigenvalue weighted by Crippen LogP contribution is -2.41. The Morgan fingerprint density at radius 1 is 1.06 bits per heavy atom. The van der Waals surface area contributed by atoms with Crippen LogP contribution < -0.4 is 5.32 Å². The number of carbonyl (C=O) groups excluding carboxylic acids is 1. The molecule has 1 saturated heterocycles. The fourth-order valence-electron chi connectivity index (χ4n) is 3.48. The number of morpholine rings is 1. The number of rotatable bonds is 5. The second-order valence-electron chi connectivity index (χ2n) is 8.46. The van der Waals surface area contributed by atoms with Crippen LogP contribution in [-0.2, 0) is 14.8 Å². The summed E-state index contributed by atoms with van der Waals surface area (Å²) in [4.78, 5) is 13.1. The summed E-state index contributed by atoms with van der Waals surface area (Å²) in [6.07, 6.45) is 0. The average Bonchev–Trinajstić information content (AvgIpc) is 2.72. The van der Waals surface area contributed by atoms with Crippen LogP contribution in [0.4, 0.5) is 0 Å². The minimum absolute atomic E-state index is 0.0246. The predicted octanol–water partition coefficient (Wildman–Crippen LogP) is 4.53. The topological polar surface area (TPSA) is 75.7 Å². The Kier molecular flexibility index (Phi) is 7.33. The fraction of sp³-hybridized carbons (Fsp3) is 0.409. The molecule has 0 radical (unpaired) electrons. The SMILES string of the molecule is CC(C)(C)C(NC(=O)c1cc(S(=O)(=O)N2CCOCC2)c(Cl)cc1Cl)c1ccccc1. The van der Waals surface area contributed by atoms with Gasteiger partial charge in [-0.1, -0.05) is 74.3 Å². The van der Waals surface area contributed by atoms with Crippen molar-refractivity contribution in [2.45, 2.75) is 31.7 Å². The maximum Gasteiger partial charge on any atom is 0.253 e. The van der Waals surface area contributed by atoms with Crippen LogP contribution >= 0.6 is 23.2 Å². The summed E-state index contributed by atoms with van der Waals surface area (Å²) in [7, 11) is -3.89. The standard InChI is InChI=1S/C22H26Cl2N2O4S/c1-22(2,3)20(15-7-5-4-6-8-15)25-21(27)16-13-19(18(24)14-17(16)23)31(28,29)26-9-11-30-12-10-26/h4-8,13-14,20H,9-12H2,1-3H3,(H,25,27). The van der Waals surface area contributed by atoms with Crippen LogP contribution in [-0.4, -0.2) is 44.9 Å². The largest absolute Gasteiger partial charge is 0.379 e. The molecular weight excluding hydrogens is 459 g/mol. The molecule has 3 rings (SSSR count). The highest BCUT2D eigenvalue weighted by atomic mass is 35.5. The van der Waals surface area contributed by atoms with E-state index in [1.54, 1.807) is 0 Å². The summed E-state index contributed by atoms with van der Waals surface area (Å²) < 4.78 is 32.8. The van der Waals surface area contributed by atoms with Crippen molar-refractivity contribution < 1.29 is 17.9 Å². The van der Waals surface area contributed by atoms with E-state index in [2.05, 4.69) is 5.32 Å². The normalized spacial score (nSPS) is 16.7. The number of benzene rings is 2. The Morgan fingerprint density at radius 2 is 1.68 bits per heavy atom. The molecule has 1 N–H and O–H groups in total. The number of halogens is 2. The highest BCUT2D eigenvalue weighted by molar-refractivity contribution is 7.89. The van der Waals surface area contributed by atoms with E-state index in [9.17, 15) is 13.2 Å². The van der Waals surface area contributed by atoms with Crippen molar-refractivity contribution in [3.8, 4) is 0 Å². The Balaban J connectivity index is 1.96. The smallest absolute Gasteiger partial charge is 0.253 e. The fourth-order valence-corrected chi connectivity index (χ4v) is 5.72. The number of sulfonamides is 1. The Hall–Kier alpha value is -1.64. The van der Waals surface area contributed by atoms with Gasteiger partial charge in [0.25, 0.3) is 5.91 Å². The molecule has 1 unspecified atom stereocenters. The monoisotopic (exact) mass is 484 g/mol. The van der Waals surface area contributed by atoms with Crippen molar-refractivity contribution >= 4 is 39.1 Å². The molecule has 0 spiro atoms. The molecule has 31 heavy (non-hydrogen) atoms. The molecule has 1 atom stereocenters. The van der Waals surface area contributed by atoms with E-state index < -0.39 is 15.9 Å². The van der Waals surface area contributed by atoms with E-state index in [0.717, 1.165) is 5.56 Å². The first-order valence-corrected chi connectivity index (χ1v) is 12.1. The summed E-state index contributed by atoms with van der Waals surface area (Å²) in [6, 6.07) is 11.8. The van der Waals surface area contributed by atoms with Crippen molar-refractivity contribution in [2.24, 2.45) is 5.41 Å². The molecule has 1 fully saturated rings. The minimum atomic E-state index is -3.89. The highest BCUT2D eigenvalue weighted by Gasteiger charge is 2.32. The van der Waals surface area contributed by atoms with Crippen molar-refractivity contribution in [2.75, 3.05) is 26.3 Å². The van der Waals surface area contributed by atoms with Gasteiger partial charge >= 0.3 is 0 Å². The van der Waals surface area contributed by atoms with Gasteiger partial charge in [0, 0.05) is 13.1 Å². The maximum atomic E-state index is 13.2. The highest BCUT2D eigenvalue weighted by Crippen LogP contribution is 2.35. The van der Waals surface area contributed by atoms with Gasteiger partial charge in [-0.15, -0.1) is 0 Å². The van der Waals surface area contributed by atoms with Crippen LogP contribution in [0.15, 0.2) is 47.4 Å². The van der Waals surface area contributed by atoms with Gasteiger partial charge < -0.3 is 10.1 Å². The molecule has 1 amide bonds. The molecule has 1 aliphatic rings. The van der Waals surface area contributed by atoms with Gasteiger partial charge in [-0.05, 0) is 23.1 Å². The number of nitrogens with one attached hydrogen (secondary N) is 1. The average molecular weight is 485 g/mol. The van der Waals surface area contributed by atoms with Gasteiger partial charge in [-0.3, -0.25) is 4.79 Å². The van der Waals surface area contributed by atoms with Crippen LogP contribution in [0.1, 0.15) is 42.7 Å². The third kappa shape index (κ3) is 5.41. The molecule has 6 nitrogen and oxygen atoms in total. The summed E-state index contributed by atoms with van der Waals surface area (Å²) in [5, 5.41) is 3.08. The van der Waals surface area contributed by atoms with Crippen LogP contribution in [0.25, 0.3) is 0 Å². The van der Waals surface area contributed by atoms with Gasteiger partial charge in [-0.25, -0.2) is 8.42 Å². The zero-order valence-corrected chi connectivity index (χ0v) is 20.0. The molecule has 0 saturated carbocycles. The van der Waals surface area contributed by atoms with Crippen molar-refractivity contribution in [3.05, 3.63) is 63.6 Å². The third-order valence-corrected chi connectivity index (χ3v) is 7.80. The van der Waals surface area contributed by atoms with Crippen LogP contribution in [0, 0.1) is 5.41 Å². The van der Waals surface area contributed by atoms with Crippen molar-refractivity contribution in [1.29, 1.82) is 0 Å². The Labute approximate surface area is 193 Å². The van der Waals surface area contributed by atoms with Crippen molar-refractivity contribution in [3.63, 3.8) is 0 Å². The molecule has 0 bridgehead atoms. The van der Waals surface area contributed by atoms with E-state index in [1.165, 1.54) is 16.4 Å². The number of hydrogen-bond donors (Lipinski definition) is 1. The molecule has 168 valence electrons. The minimum Gasteiger partial charge on any atom is -0.379 e. The van der Waals surface area contributed by atoms with E-state index in [1.807, 2.05) is 51.1 Å². The molecule has 2 aromatic rings. The lowest BCUT2D eigenvalue weighted by atomic mass is 9.82. The summed E-state index contributed by atoms with van der Waals surface area (Å²) in [6.45, 7) is 7.12. The second-order valence-corrected chi connectivity index (χ2v) is 11.2. The predicted molar refractivity (Wildman–Crippen MR) is 122 cm³/mol. The zero-order valence-electron chi connectivity index (χ0n) is 17.7. The lowest BCUT2D eigenvalue weighted by molar-refractivity contribution is 0.0730. The molecule has 0 aliphatic carbocycles. The Morgan fingerprint density at radius 3 is 2.26 bits per heavy atom. The summed E-state index contributed by atoms with van der Waals surface area (Å²) in [5.41, 5.74) is 0.705. The van der Waals surface area contributed by atoms with Crippen LogP contribution in [0.5, 0.6) is 0 Å². The Bertz CT molecular complexity index is 1050.